The van der Waals surface area contributed by atoms with Gasteiger partial charge in [-0.3, -0.25) is 14.4 Å². The third kappa shape index (κ3) is 7.90. The van der Waals surface area contributed by atoms with Crippen molar-refractivity contribution in [2.45, 2.75) is 37.5 Å². The Labute approximate surface area is 235 Å². The second-order valence-corrected chi connectivity index (χ2v) is 9.83. The molecule has 0 bridgehead atoms. The molecule has 208 valence electrons. The van der Waals surface area contributed by atoms with Gasteiger partial charge in [-0.2, -0.15) is 0 Å². The SMILES string of the molecule is CCOCCOC(=O)C1=C(C(=O)N(C(=O)c2ccccc2)c2cc(SCC(=O)OC)c(Cl)cc2F)CCCC1. The number of hydrogen-bond donors (Lipinski definition) is 0. The quantitative estimate of drug-likeness (QED) is 0.152. The van der Waals surface area contributed by atoms with Gasteiger partial charge in [-0.05, 0) is 56.9 Å². The van der Waals surface area contributed by atoms with Crippen molar-refractivity contribution in [3.05, 3.63) is 70.0 Å². The number of halogens is 2. The summed E-state index contributed by atoms with van der Waals surface area (Å²) in [6.07, 6.45) is 1.76. The number of imide groups is 1. The van der Waals surface area contributed by atoms with Crippen molar-refractivity contribution in [1.82, 2.24) is 0 Å². The molecule has 0 aliphatic heterocycles. The van der Waals surface area contributed by atoms with E-state index in [4.69, 9.17) is 21.1 Å². The molecule has 2 amide bonds. The number of methoxy groups -OCH3 is 1. The molecule has 0 saturated heterocycles. The number of carbonyl (C=O) groups excluding carboxylic acids is 4. The molecule has 0 atom stereocenters. The number of ether oxygens (including phenoxy) is 3. The van der Waals surface area contributed by atoms with Crippen molar-refractivity contribution >= 4 is 52.8 Å². The van der Waals surface area contributed by atoms with E-state index >= 15 is 4.39 Å². The Hall–Kier alpha value is -3.21. The van der Waals surface area contributed by atoms with Crippen LogP contribution in [0.4, 0.5) is 10.1 Å². The fourth-order valence-corrected chi connectivity index (χ4v) is 5.04. The lowest BCUT2D eigenvalue weighted by Gasteiger charge is -2.26. The predicted octanol–water partition coefficient (Wildman–Crippen LogP) is 5.37. The van der Waals surface area contributed by atoms with Gasteiger partial charge in [0.15, 0.2) is 0 Å². The largest absolute Gasteiger partial charge is 0.468 e. The number of anilines is 1. The van der Waals surface area contributed by atoms with Crippen LogP contribution in [0.1, 0.15) is 43.0 Å². The van der Waals surface area contributed by atoms with Gasteiger partial charge in [0.25, 0.3) is 11.8 Å². The first-order chi connectivity index (χ1) is 18.8. The average molecular weight is 578 g/mol. The van der Waals surface area contributed by atoms with Crippen LogP contribution in [0.5, 0.6) is 0 Å². The molecule has 0 saturated carbocycles. The van der Waals surface area contributed by atoms with E-state index < -0.39 is 29.6 Å². The number of hydrogen-bond acceptors (Lipinski definition) is 8. The molecule has 1 aliphatic carbocycles. The second kappa shape index (κ2) is 14.8. The summed E-state index contributed by atoms with van der Waals surface area (Å²) in [5.41, 5.74) is 0.0299. The minimum Gasteiger partial charge on any atom is -0.468 e. The summed E-state index contributed by atoms with van der Waals surface area (Å²) in [6, 6.07) is 10.2. The molecule has 39 heavy (non-hydrogen) atoms. The monoisotopic (exact) mass is 577 g/mol. The van der Waals surface area contributed by atoms with E-state index in [1.807, 2.05) is 6.92 Å². The van der Waals surface area contributed by atoms with Crippen molar-refractivity contribution < 1.29 is 37.8 Å². The van der Waals surface area contributed by atoms with E-state index in [1.54, 1.807) is 18.2 Å². The number of amides is 2. The molecule has 0 aromatic heterocycles. The standard InChI is InChI=1S/C28H29ClFNO7S/c1-3-37-13-14-38-28(35)20-12-8-7-11-19(20)27(34)31(26(33)18-9-5-4-6-10-18)23-16-24(21(29)15-22(23)30)39-17-25(32)36-2/h4-6,9-10,15-16H,3,7-8,11-14,17H2,1-2H3. The normalized spacial score (nSPS) is 13.1. The molecule has 1 aliphatic rings. The summed E-state index contributed by atoms with van der Waals surface area (Å²) in [5.74, 6) is -3.86. The van der Waals surface area contributed by atoms with E-state index in [9.17, 15) is 19.2 Å². The Morgan fingerprint density at radius 3 is 2.36 bits per heavy atom. The van der Waals surface area contributed by atoms with Crippen LogP contribution in [-0.4, -0.2) is 56.4 Å². The number of esters is 2. The van der Waals surface area contributed by atoms with E-state index in [0.717, 1.165) is 22.7 Å². The molecule has 11 heteroatoms. The number of rotatable bonds is 11. The molecule has 0 radical (unpaired) electrons. The summed E-state index contributed by atoms with van der Waals surface area (Å²) in [5, 5.41) is 0.000147. The van der Waals surface area contributed by atoms with Crippen LogP contribution in [0.25, 0.3) is 0 Å². The Morgan fingerprint density at radius 2 is 1.69 bits per heavy atom. The first-order valence-corrected chi connectivity index (χ1v) is 13.7. The van der Waals surface area contributed by atoms with Crippen molar-refractivity contribution in [2.75, 3.05) is 37.6 Å². The lowest BCUT2D eigenvalue weighted by Crippen LogP contribution is -2.40. The van der Waals surface area contributed by atoms with Crippen LogP contribution in [0, 0.1) is 5.82 Å². The van der Waals surface area contributed by atoms with Crippen LogP contribution in [-0.2, 0) is 28.6 Å². The zero-order chi connectivity index (χ0) is 28.4. The van der Waals surface area contributed by atoms with E-state index in [0.29, 0.717) is 19.4 Å². The third-order valence-electron chi connectivity index (χ3n) is 5.88. The summed E-state index contributed by atoms with van der Waals surface area (Å²) in [7, 11) is 1.23. The maximum absolute atomic E-state index is 15.4. The molecular weight excluding hydrogens is 549 g/mol. The maximum Gasteiger partial charge on any atom is 0.334 e. The van der Waals surface area contributed by atoms with Crippen molar-refractivity contribution in [1.29, 1.82) is 0 Å². The van der Waals surface area contributed by atoms with Gasteiger partial charge in [-0.25, -0.2) is 14.1 Å². The van der Waals surface area contributed by atoms with E-state index in [-0.39, 0.29) is 64.1 Å². The summed E-state index contributed by atoms with van der Waals surface area (Å²) >= 11 is 7.18. The summed E-state index contributed by atoms with van der Waals surface area (Å²) in [4.78, 5) is 53.2. The Morgan fingerprint density at radius 1 is 1.00 bits per heavy atom. The van der Waals surface area contributed by atoms with Crippen LogP contribution >= 0.6 is 23.4 Å². The molecule has 0 fully saturated rings. The molecule has 0 unspecified atom stereocenters. The summed E-state index contributed by atoms with van der Waals surface area (Å²) in [6.45, 7) is 2.50. The molecule has 2 aromatic carbocycles. The highest BCUT2D eigenvalue weighted by Gasteiger charge is 2.34. The number of thioether (sulfide) groups is 1. The number of carbonyl (C=O) groups is 4. The fourth-order valence-electron chi connectivity index (χ4n) is 3.94. The van der Waals surface area contributed by atoms with Crippen LogP contribution in [0.3, 0.4) is 0 Å². The smallest absolute Gasteiger partial charge is 0.334 e. The molecule has 3 rings (SSSR count). The lowest BCUT2D eigenvalue weighted by atomic mass is 9.90. The second-order valence-electron chi connectivity index (χ2n) is 8.41. The zero-order valence-corrected chi connectivity index (χ0v) is 23.2. The number of benzene rings is 2. The topological polar surface area (TPSA) is 99.2 Å². The van der Waals surface area contributed by atoms with Gasteiger partial charge in [0.05, 0.1) is 30.2 Å². The maximum atomic E-state index is 15.4. The number of nitrogens with zero attached hydrogens (tertiary/aromatic N) is 1. The van der Waals surface area contributed by atoms with Crippen molar-refractivity contribution in [3.63, 3.8) is 0 Å². The van der Waals surface area contributed by atoms with Crippen LogP contribution in [0.2, 0.25) is 5.02 Å². The minimum atomic E-state index is -0.919. The third-order valence-corrected chi connectivity index (χ3v) is 7.33. The van der Waals surface area contributed by atoms with Crippen molar-refractivity contribution in [3.8, 4) is 0 Å². The van der Waals surface area contributed by atoms with E-state index in [2.05, 4.69) is 4.74 Å². The lowest BCUT2D eigenvalue weighted by molar-refractivity contribution is -0.141. The predicted molar refractivity (Wildman–Crippen MR) is 145 cm³/mol. The highest BCUT2D eigenvalue weighted by Crippen LogP contribution is 2.36. The first-order valence-electron chi connectivity index (χ1n) is 12.4. The molecule has 0 heterocycles. The molecule has 0 spiro atoms. The van der Waals surface area contributed by atoms with Crippen LogP contribution < -0.4 is 4.90 Å². The molecule has 0 N–H and O–H groups in total. The van der Waals surface area contributed by atoms with Gasteiger partial charge >= 0.3 is 11.9 Å². The first kappa shape index (κ1) is 30.3. The highest BCUT2D eigenvalue weighted by molar-refractivity contribution is 8.00. The Bertz CT molecular complexity index is 1250. The molecule has 8 nitrogen and oxygen atoms in total. The summed E-state index contributed by atoms with van der Waals surface area (Å²) < 4.78 is 30.5. The minimum absolute atomic E-state index is 0.000147. The Balaban J connectivity index is 2.07. The average Bonchev–Trinajstić information content (AvgIpc) is 2.95. The molecule has 2 aromatic rings. The van der Waals surface area contributed by atoms with Gasteiger partial charge in [-0.1, -0.05) is 29.8 Å². The van der Waals surface area contributed by atoms with Gasteiger partial charge in [0, 0.05) is 28.2 Å². The fraction of sp³-hybridized carbons (Fsp3) is 0.357. The molecular formula is C28H29ClFNO7S. The van der Waals surface area contributed by atoms with Crippen molar-refractivity contribution in [2.24, 2.45) is 0 Å². The highest BCUT2D eigenvalue weighted by atomic mass is 35.5. The van der Waals surface area contributed by atoms with Gasteiger partial charge in [-0.15, -0.1) is 11.8 Å². The van der Waals surface area contributed by atoms with Gasteiger partial charge in [0.1, 0.15) is 12.4 Å². The van der Waals surface area contributed by atoms with Gasteiger partial charge in [0.2, 0.25) is 0 Å². The van der Waals surface area contributed by atoms with Crippen LogP contribution in [0.15, 0.2) is 58.5 Å². The van der Waals surface area contributed by atoms with E-state index in [1.165, 1.54) is 25.3 Å². The zero-order valence-electron chi connectivity index (χ0n) is 21.7. The van der Waals surface area contributed by atoms with Gasteiger partial charge < -0.3 is 14.2 Å². The Kier molecular flexibility index (Phi) is 11.5.